The van der Waals surface area contributed by atoms with Crippen molar-refractivity contribution >= 4 is 5.97 Å². The van der Waals surface area contributed by atoms with Gasteiger partial charge in [0.2, 0.25) is 0 Å². The summed E-state index contributed by atoms with van der Waals surface area (Å²) in [6.45, 7) is 1.13. The number of carbonyl (C=O) groups is 1. The molecule has 18 heavy (non-hydrogen) atoms. The van der Waals surface area contributed by atoms with Crippen LogP contribution in [0.5, 0.6) is 0 Å². The maximum absolute atomic E-state index is 11.6. The van der Waals surface area contributed by atoms with Gasteiger partial charge in [0.15, 0.2) is 5.69 Å². The summed E-state index contributed by atoms with van der Waals surface area (Å²) < 4.78 is 11.6. The van der Waals surface area contributed by atoms with Crippen molar-refractivity contribution in [2.24, 2.45) is 5.92 Å². The summed E-state index contributed by atoms with van der Waals surface area (Å²) in [6.07, 6.45) is 5.01. The summed E-state index contributed by atoms with van der Waals surface area (Å²) in [4.78, 5) is 11.6. The predicted molar refractivity (Wildman–Crippen MR) is 64.0 cm³/mol. The van der Waals surface area contributed by atoms with Crippen LogP contribution in [0.15, 0.2) is 0 Å². The predicted octanol–water partition coefficient (Wildman–Crippen LogP) is 1.40. The number of carbonyl (C=O) groups excluding carboxylic acids is 1. The van der Waals surface area contributed by atoms with Gasteiger partial charge in [-0.25, -0.2) is 9.48 Å². The second-order valence-electron chi connectivity index (χ2n) is 4.64. The minimum absolute atomic E-state index is 0.261. The lowest BCUT2D eigenvalue weighted by molar-refractivity contribution is 0.0588. The zero-order valence-electron chi connectivity index (χ0n) is 10.9. The minimum Gasteiger partial charge on any atom is -0.464 e. The standard InChI is InChI=1S/C12H19N3O3/c1-17-8-10-11(12(16)18-2)13-14-15(10)7-9-5-3-4-6-9/h9H,3-8H2,1-2H3. The second-order valence-corrected chi connectivity index (χ2v) is 4.64. The first-order valence-corrected chi connectivity index (χ1v) is 6.26. The molecular weight excluding hydrogens is 234 g/mol. The van der Waals surface area contributed by atoms with E-state index in [4.69, 9.17) is 9.47 Å². The van der Waals surface area contributed by atoms with Crippen LogP contribution in [0.1, 0.15) is 41.9 Å². The number of hydrogen-bond donors (Lipinski definition) is 0. The van der Waals surface area contributed by atoms with E-state index in [1.807, 2.05) is 0 Å². The molecule has 6 heteroatoms. The number of methoxy groups -OCH3 is 2. The highest BCUT2D eigenvalue weighted by Crippen LogP contribution is 2.26. The monoisotopic (exact) mass is 253 g/mol. The van der Waals surface area contributed by atoms with E-state index in [1.54, 1.807) is 11.8 Å². The van der Waals surface area contributed by atoms with Crippen LogP contribution in [-0.4, -0.2) is 35.2 Å². The fourth-order valence-electron chi connectivity index (χ4n) is 2.45. The highest BCUT2D eigenvalue weighted by molar-refractivity contribution is 5.88. The number of aromatic nitrogens is 3. The van der Waals surface area contributed by atoms with Gasteiger partial charge in [0, 0.05) is 13.7 Å². The molecule has 1 aliphatic carbocycles. The van der Waals surface area contributed by atoms with E-state index in [0.29, 0.717) is 18.2 Å². The number of hydrogen-bond acceptors (Lipinski definition) is 5. The Morgan fingerprint density at radius 3 is 2.72 bits per heavy atom. The van der Waals surface area contributed by atoms with Gasteiger partial charge in [-0.05, 0) is 18.8 Å². The van der Waals surface area contributed by atoms with Gasteiger partial charge in [-0.1, -0.05) is 18.1 Å². The zero-order chi connectivity index (χ0) is 13.0. The third kappa shape index (κ3) is 2.69. The van der Waals surface area contributed by atoms with Gasteiger partial charge in [0.1, 0.15) is 0 Å². The Hall–Kier alpha value is -1.43. The minimum atomic E-state index is -0.459. The lowest BCUT2D eigenvalue weighted by atomic mass is 10.1. The SMILES string of the molecule is COCc1c(C(=O)OC)nnn1CC1CCCC1. The third-order valence-electron chi connectivity index (χ3n) is 3.40. The summed E-state index contributed by atoms with van der Waals surface area (Å²) in [5.74, 6) is 0.174. The van der Waals surface area contributed by atoms with Crippen molar-refractivity contribution in [1.82, 2.24) is 15.0 Å². The van der Waals surface area contributed by atoms with E-state index < -0.39 is 5.97 Å². The Bertz CT molecular complexity index is 411. The Morgan fingerprint density at radius 2 is 2.11 bits per heavy atom. The van der Waals surface area contributed by atoms with Crippen LogP contribution >= 0.6 is 0 Å². The molecule has 0 aromatic carbocycles. The van der Waals surface area contributed by atoms with E-state index >= 15 is 0 Å². The first-order valence-electron chi connectivity index (χ1n) is 6.26. The summed E-state index contributed by atoms with van der Waals surface area (Å²) in [7, 11) is 2.93. The van der Waals surface area contributed by atoms with Gasteiger partial charge < -0.3 is 9.47 Å². The Morgan fingerprint density at radius 1 is 1.39 bits per heavy atom. The number of esters is 1. The average molecular weight is 253 g/mol. The van der Waals surface area contributed by atoms with Crippen molar-refractivity contribution < 1.29 is 14.3 Å². The molecule has 1 saturated carbocycles. The maximum Gasteiger partial charge on any atom is 0.360 e. The zero-order valence-corrected chi connectivity index (χ0v) is 10.9. The second kappa shape index (κ2) is 5.95. The molecule has 1 aliphatic rings. The van der Waals surface area contributed by atoms with Crippen molar-refractivity contribution in [2.45, 2.75) is 38.8 Å². The fourth-order valence-corrected chi connectivity index (χ4v) is 2.45. The Labute approximate surface area is 106 Å². The van der Waals surface area contributed by atoms with Gasteiger partial charge in [-0.3, -0.25) is 0 Å². The smallest absolute Gasteiger partial charge is 0.360 e. The molecule has 100 valence electrons. The quantitative estimate of drug-likeness (QED) is 0.742. The van der Waals surface area contributed by atoms with Crippen molar-refractivity contribution in [3.05, 3.63) is 11.4 Å². The van der Waals surface area contributed by atoms with Crippen molar-refractivity contribution in [3.63, 3.8) is 0 Å². The molecule has 0 atom stereocenters. The van der Waals surface area contributed by atoms with Gasteiger partial charge >= 0.3 is 5.97 Å². The summed E-state index contributed by atoms with van der Waals surface area (Å²) >= 11 is 0. The number of rotatable bonds is 5. The van der Waals surface area contributed by atoms with Gasteiger partial charge in [0.05, 0.1) is 19.4 Å². The molecule has 0 spiro atoms. The lowest BCUT2D eigenvalue weighted by Gasteiger charge is -2.11. The van der Waals surface area contributed by atoms with Crippen LogP contribution in [-0.2, 0) is 22.6 Å². The van der Waals surface area contributed by atoms with Gasteiger partial charge in [-0.15, -0.1) is 5.10 Å². The molecule has 0 N–H and O–H groups in total. The van der Waals surface area contributed by atoms with Crippen molar-refractivity contribution in [1.29, 1.82) is 0 Å². The molecule has 1 aromatic heterocycles. The normalized spacial score (nSPS) is 16.1. The average Bonchev–Trinajstić information content (AvgIpc) is 3.01. The van der Waals surface area contributed by atoms with Crippen LogP contribution in [0, 0.1) is 5.92 Å². The molecule has 0 amide bonds. The summed E-state index contributed by atoms with van der Waals surface area (Å²) in [5.41, 5.74) is 0.966. The molecule has 2 rings (SSSR count). The molecule has 1 heterocycles. The largest absolute Gasteiger partial charge is 0.464 e. The van der Waals surface area contributed by atoms with E-state index in [2.05, 4.69) is 10.3 Å². The molecule has 0 bridgehead atoms. The summed E-state index contributed by atoms with van der Waals surface area (Å²) in [6, 6.07) is 0. The number of ether oxygens (including phenoxy) is 2. The highest BCUT2D eigenvalue weighted by atomic mass is 16.5. The van der Waals surface area contributed by atoms with Crippen molar-refractivity contribution in [3.8, 4) is 0 Å². The lowest BCUT2D eigenvalue weighted by Crippen LogP contribution is -2.14. The molecule has 0 unspecified atom stereocenters. The third-order valence-corrected chi connectivity index (χ3v) is 3.40. The van der Waals surface area contributed by atoms with Crippen molar-refractivity contribution in [2.75, 3.05) is 14.2 Å². The fraction of sp³-hybridized carbons (Fsp3) is 0.750. The first-order chi connectivity index (χ1) is 8.76. The highest BCUT2D eigenvalue weighted by Gasteiger charge is 2.23. The molecule has 1 fully saturated rings. The van der Waals surface area contributed by atoms with Crippen LogP contribution < -0.4 is 0 Å². The van der Waals surface area contributed by atoms with Crippen LogP contribution in [0.4, 0.5) is 0 Å². The van der Waals surface area contributed by atoms with Crippen LogP contribution in [0.3, 0.4) is 0 Å². The van der Waals surface area contributed by atoms with E-state index in [-0.39, 0.29) is 5.69 Å². The Balaban J connectivity index is 2.17. The van der Waals surface area contributed by atoms with E-state index in [0.717, 1.165) is 6.54 Å². The van der Waals surface area contributed by atoms with Crippen LogP contribution in [0.2, 0.25) is 0 Å². The topological polar surface area (TPSA) is 66.2 Å². The van der Waals surface area contributed by atoms with Gasteiger partial charge in [0.25, 0.3) is 0 Å². The van der Waals surface area contributed by atoms with Crippen LogP contribution in [0.25, 0.3) is 0 Å². The van der Waals surface area contributed by atoms with Gasteiger partial charge in [-0.2, -0.15) is 0 Å². The Kier molecular flexibility index (Phi) is 4.30. The molecule has 0 aliphatic heterocycles. The molecule has 0 saturated heterocycles. The molecule has 0 radical (unpaired) electrons. The molecular formula is C12H19N3O3. The maximum atomic E-state index is 11.6. The number of nitrogens with zero attached hydrogens (tertiary/aromatic N) is 3. The van der Waals surface area contributed by atoms with E-state index in [9.17, 15) is 4.79 Å². The first kappa shape index (κ1) is 13.0. The molecule has 1 aromatic rings. The summed E-state index contributed by atoms with van der Waals surface area (Å²) in [5, 5.41) is 7.96. The molecule has 6 nitrogen and oxygen atoms in total. The van der Waals surface area contributed by atoms with E-state index in [1.165, 1.54) is 32.8 Å².